The molecule has 1 aromatic carbocycles. The van der Waals surface area contributed by atoms with Gasteiger partial charge in [0.25, 0.3) is 5.91 Å². The van der Waals surface area contributed by atoms with Gasteiger partial charge >= 0.3 is 0 Å². The molecule has 1 aliphatic heterocycles. The monoisotopic (exact) mass is 399 g/mol. The van der Waals surface area contributed by atoms with Gasteiger partial charge in [-0.15, -0.1) is 0 Å². The fraction of sp³-hybridized carbons (Fsp3) is 0.450. The number of amides is 1. The van der Waals surface area contributed by atoms with E-state index >= 15 is 0 Å². The van der Waals surface area contributed by atoms with Crippen LogP contribution in [0, 0.1) is 6.92 Å². The second-order valence-corrected chi connectivity index (χ2v) is 8.12. The number of benzene rings is 1. The van der Waals surface area contributed by atoms with Crippen molar-refractivity contribution in [2.45, 2.75) is 32.7 Å². The van der Waals surface area contributed by atoms with Crippen molar-refractivity contribution in [3.63, 3.8) is 0 Å². The van der Waals surface area contributed by atoms with Crippen LogP contribution in [0.15, 0.2) is 24.3 Å². The van der Waals surface area contributed by atoms with Crippen molar-refractivity contribution in [2.75, 3.05) is 24.6 Å². The molecule has 1 N–H and O–H groups in total. The van der Waals surface area contributed by atoms with Crippen LogP contribution in [0.1, 0.15) is 35.9 Å². The molecule has 148 valence electrons. The molecule has 0 saturated carbocycles. The SMILES string of the molecule is CCOc1ccc2nc(N3CCCC(NC(=O)c4cc(C)nn4C)C3)sc2c1. The lowest BCUT2D eigenvalue weighted by Crippen LogP contribution is -2.48. The van der Waals surface area contributed by atoms with Crippen LogP contribution < -0.4 is 15.0 Å². The number of thiazole rings is 1. The van der Waals surface area contributed by atoms with E-state index in [0.29, 0.717) is 12.3 Å². The standard InChI is InChI=1S/C20H25N5O2S/c1-4-27-15-7-8-16-18(11-15)28-20(22-16)25-9-5-6-14(12-25)21-19(26)17-10-13(2)23-24(17)3/h7-8,10-11,14H,4-6,9,12H2,1-3H3,(H,21,26). The number of nitrogens with one attached hydrogen (secondary N) is 1. The normalized spacial score (nSPS) is 17.1. The van der Waals surface area contributed by atoms with Crippen molar-refractivity contribution in [3.05, 3.63) is 35.7 Å². The maximum atomic E-state index is 12.6. The summed E-state index contributed by atoms with van der Waals surface area (Å²) < 4.78 is 8.35. The van der Waals surface area contributed by atoms with Crippen molar-refractivity contribution >= 4 is 32.6 Å². The Morgan fingerprint density at radius 1 is 1.39 bits per heavy atom. The van der Waals surface area contributed by atoms with Crippen LogP contribution in [-0.2, 0) is 7.05 Å². The summed E-state index contributed by atoms with van der Waals surface area (Å²) in [5, 5.41) is 8.42. The Hall–Kier alpha value is -2.61. The Morgan fingerprint density at radius 3 is 3.00 bits per heavy atom. The fourth-order valence-electron chi connectivity index (χ4n) is 3.64. The summed E-state index contributed by atoms with van der Waals surface area (Å²) >= 11 is 1.67. The van der Waals surface area contributed by atoms with Crippen LogP contribution >= 0.6 is 11.3 Å². The maximum Gasteiger partial charge on any atom is 0.269 e. The van der Waals surface area contributed by atoms with E-state index in [1.807, 2.05) is 38.1 Å². The molecule has 1 atom stereocenters. The molecule has 7 nitrogen and oxygen atoms in total. The number of rotatable bonds is 5. The first-order valence-corrected chi connectivity index (χ1v) is 10.4. The van der Waals surface area contributed by atoms with Gasteiger partial charge in [-0.25, -0.2) is 4.98 Å². The van der Waals surface area contributed by atoms with Crippen molar-refractivity contribution < 1.29 is 9.53 Å². The Balaban J connectivity index is 1.46. The summed E-state index contributed by atoms with van der Waals surface area (Å²) in [5.41, 5.74) is 2.43. The highest BCUT2D eigenvalue weighted by atomic mass is 32.1. The van der Waals surface area contributed by atoms with Gasteiger partial charge in [0.2, 0.25) is 0 Å². The average Bonchev–Trinajstić information content (AvgIpc) is 3.24. The molecule has 0 aliphatic carbocycles. The molecule has 28 heavy (non-hydrogen) atoms. The Bertz CT molecular complexity index is 996. The van der Waals surface area contributed by atoms with Gasteiger partial charge in [-0.2, -0.15) is 5.10 Å². The van der Waals surface area contributed by atoms with Gasteiger partial charge in [0, 0.05) is 26.2 Å². The third-order valence-corrected chi connectivity index (χ3v) is 6.00. The van der Waals surface area contributed by atoms with Gasteiger partial charge in [-0.05, 0) is 51.0 Å². The number of hydrogen-bond donors (Lipinski definition) is 1. The number of hydrogen-bond acceptors (Lipinski definition) is 6. The first-order valence-electron chi connectivity index (χ1n) is 9.63. The van der Waals surface area contributed by atoms with E-state index in [1.165, 1.54) is 0 Å². The number of fused-ring (bicyclic) bond motifs is 1. The molecular formula is C20H25N5O2S. The third kappa shape index (κ3) is 3.82. The first kappa shape index (κ1) is 18.7. The highest BCUT2D eigenvalue weighted by Crippen LogP contribution is 2.32. The molecule has 1 unspecified atom stereocenters. The Kier molecular flexibility index (Phi) is 5.21. The number of aryl methyl sites for hydroxylation is 2. The van der Waals surface area contributed by atoms with Crippen LogP contribution in [0.3, 0.4) is 0 Å². The van der Waals surface area contributed by atoms with Crippen molar-refractivity contribution in [2.24, 2.45) is 7.05 Å². The summed E-state index contributed by atoms with van der Waals surface area (Å²) in [7, 11) is 1.80. The molecule has 3 heterocycles. The van der Waals surface area contributed by atoms with Gasteiger partial charge in [0.1, 0.15) is 11.4 Å². The largest absolute Gasteiger partial charge is 0.494 e. The van der Waals surface area contributed by atoms with Crippen LogP contribution in [0.2, 0.25) is 0 Å². The van der Waals surface area contributed by atoms with Gasteiger partial charge in [-0.1, -0.05) is 11.3 Å². The van der Waals surface area contributed by atoms with Gasteiger partial charge < -0.3 is 15.0 Å². The predicted octanol–water partition coefficient (Wildman–Crippen LogP) is 3.14. The third-order valence-electron chi connectivity index (χ3n) is 4.92. The molecule has 4 rings (SSSR count). The molecule has 1 amide bonds. The number of carbonyl (C=O) groups is 1. The summed E-state index contributed by atoms with van der Waals surface area (Å²) in [6.45, 7) is 6.25. The van der Waals surface area contributed by atoms with Crippen LogP contribution in [-0.4, -0.2) is 46.4 Å². The lowest BCUT2D eigenvalue weighted by molar-refractivity contribution is 0.0923. The molecule has 1 saturated heterocycles. The van der Waals surface area contributed by atoms with E-state index in [0.717, 1.165) is 52.7 Å². The minimum absolute atomic E-state index is 0.0689. The number of nitrogens with zero attached hydrogens (tertiary/aromatic N) is 4. The zero-order valence-electron chi connectivity index (χ0n) is 16.4. The van der Waals surface area contributed by atoms with Crippen LogP contribution in [0.25, 0.3) is 10.2 Å². The number of carbonyl (C=O) groups excluding carboxylic acids is 1. The van der Waals surface area contributed by atoms with E-state index in [1.54, 1.807) is 23.1 Å². The molecular weight excluding hydrogens is 374 g/mol. The predicted molar refractivity (Wildman–Crippen MR) is 111 cm³/mol. The van der Waals surface area contributed by atoms with E-state index < -0.39 is 0 Å². The Labute approximate surface area is 168 Å². The molecule has 8 heteroatoms. The molecule has 2 aromatic heterocycles. The van der Waals surface area contributed by atoms with Crippen molar-refractivity contribution in [1.82, 2.24) is 20.1 Å². The second kappa shape index (κ2) is 7.79. The zero-order chi connectivity index (χ0) is 19.7. The summed E-state index contributed by atoms with van der Waals surface area (Å²) in [6, 6.07) is 7.94. The molecule has 3 aromatic rings. The maximum absolute atomic E-state index is 12.6. The fourth-order valence-corrected chi connectivity index (χ4v) is 4.66. The van der Waals surface area contributed by atoms with Gasteiger partial charge in [0.05, 0.1) is 22.5 Å². The minimum Gasteiger partial charge on any atom is -0.494 e. The van der Waals surface area contributed by atoms with Crippen molar-refractivity contribution in [3.8, 4) is 5.75 Å². The van der Waals surface area contributed by atoms with E-state index in [9.17, 15) is 4.79 Å². The van der Waals surface area contributed by atoms with E-state index in [4.69, 9.17) is 9.72 Å². The summed E-state index contributed by atoms with van der Waals surface area (Å²) in [6.07, 6.45) is 1.99. The summed E-state index contributed by atoms with van der Waals surface area (Å²) in [4.78, 5) is 19.7. The number of aromatic nitrogens is 3. The second-order valence-electron chi connectivity index (χ2n) is 7.11. The van der Waals surface area contributed by atoms with Crippen molar-refractivity contribution in [1.29, 1.82) is 0 Å². The molecule has 0 bridgehead atoms. The average molecular weight is 400 g/mol. The zero-order valence-corrected chi connectivity index (χ0v) is 17.3. The topological polar surface area (TPSA) is 72.3 Å². The highest BCUT2D eigenvalue weighted by Gasteiger charge is 2.25. The smallest absolute Gasteiger partial charge is 0.269 e. The molecule has 1 fully saturated rings. The van der Waals surface area contributed by atoms with Gasteiger partial charge in [0.15, 0.2) is 5.13 Å². The van der Waals surface area contributed by atoms with Gasteiger partial charge in [-0.3, -0.25) is 9.48 Å². The molecule has 1 aliphatic rings. The van der Waals surface area contributed by atoms with E-state index in [2.05, 4.69) is 15.3 Å². The molecule has 0 spiro atoms. The lowest BCUT2D eigenvalue weighted by atomic mass is 10.1. The lowest BCUT2D eigenvalue weighted by Gasteiger charge is -2.32. The number of anilines is 1. The minimum atomic E-state index is -0.0689. The number of piperidine rings is 1. The summed E-state index contributed by atoms with van der Waals surface area (Å²) in [5.74, 6) is 0.807. The molecule has 0 radical (unpaired) electrons. The Morgan fingerprint density at radius 2 is 2.25 bits per heavy atom. The quantitative estimate of drug-likeness (QED) is 0.714. The van der Waals surface area contributed by atoms with E-state index in [-0.39, 0.29) is 11.9 Å². The number of ether oxygens (including phenoxy) is 1. The van der Waals surface area contributed by atoms with Crippen LogP contribution in [0.5, 0.6) is 5.75 Å². The van der Waals surface area contributed by atoms with Crippen LogP contribution in [0.4, 0.5) is 5.13 Å². The highest BCUT2D eigenvalue weighted by molar-refractivity contribution is 7.22. The first-order chi connectivity index (χ1) is 13.5.